The number of piperazine rings is 1. The van der Waals surface area contributed by atoms with E-state index < -0.39 is 10.0 Å². The summed E-state index contributed by atoms with van der Waals surface area (Å²) in [5.74, 6) is -0.0140. The van der Waals surface area contributed by atoms with Crippen molar-refractivity contribution in [3.8, 4) is 0 Å². The molecule has 0 aliphatic carbocycles. The molecule has 4 rings (SSSR count). The molecular weight excluding hydrogens is 410 g/mol. The van der Waals surface area contributed by atoms with E-state index in [1.54, 1.807) is 34.3 Å². The molecule has 2 aliphatic heterocycles. The minimum absolute atomic E-state index is 0.0140. The largest absolute Gasteiger partial charge is 0.369 e. The van der Waals surface area contributed by atoms with Crippen LogP contribution in [-0.4, -0.2) is 51.4 Å². The summed E-state index contributed by atoms with van der Waals surface area (Å²) in [4.78, 5) is 16.0. The van der Waals surface area contributed by atoms with Crippen LogP contribution < -0.4 is 9.80 Å². The van der Waals surface area contributed by atoms with Crippen molar-refractivity contribution in [1.29, 1.82) is 0 Å². The number of carbonyl (C=O) groups is 1. The summed E-state index contributed by atoms with van der Waals surface area (Å²) in [5.41, 5.74) is 2.80. The highest BCUT2D eigenvalue weighted by molar-refractivity contribution is 7.89. The van der Waals surface area contributed by atoms with Gasteiger partial charge in [0.1, 0.15) is 0 Å². The average Bonchev–Trinajstić information content (AvgIpc) is 2.73. The number of hydrogen-bond acceptors (Lipinski definition) is 4. The van der Waals surface area contributed by atoms with Crippen molar-refractivity contribution in [2.24, 2.45) is 0 Å². The molecule has 0 saturated carbocycles. The van der Waals surface area contributed by atoms with Crippen molar-refractivity contribution < 1.29 is 13.2 Å². The van der Waals surface area contributed by atoms with Crippen molar-refractivity contribution in [1.82, 2.24) is 4.31 Å². The Morgan fingerprint density at radius 2 is 1.66 bits per heavy atom. The first-order chi connectivity index (χ1) is 13.9. The van der Waals surface area contributed by atoms with E-state index in [9.17, 15) is 13.2 Å². The predicted molar refractivity (Wildman–Crippen MR) is 115 cm³/mol. The molecule has 0 spiro atoms. The highest BCUT2D eigenvalue weighted by Crippen LogP contribution is 2.31. The maximum absolute atomic E-state index is 13.2. The van der Waals surface area contributed by atoms with Gasteiger partial charge in [-0.15, -0.1) is 0 Å². The van der Waals surface area contributed by atoms with Crippen molar-refractivity contribution in [2.45, 2.75) is 24.7 Å². The second kappa shape index (κ2) is 7.97. The van der Waals surface area contributed by atoms with Gasteiger partial charge in [-0.25, -0.2) is 8.42 Å². The molecule has 2 aromatic carbocycles. The zero-order valence-electron chi connectivity index (χ0n) is 16.3. The Balaban J connectivity index is 1.51. The van der Waals surface area contributed by atoms with Gasteiger partial charge in [0.25, 0.3) is 0 Å². The summed E-state index contributed by atoms with van der Waals surface area (Å²) in [6.45, 7) is 4.35. The number of amides is 1. The molecule has 0 radical (unpaired) electrons. The molecular formula is C21H24ClN3O3S. The fraction of sp³-hybridized carbons (Fsp3) is 0.381. The third-order valence-electron chi connectivity index (χ3n) is 5.62. The lowest BCUT2D eigenvalue weighted by Gasteiger charge is -2.35. The lowest BCUT2D eigenvalue weighted by atomic mass is 10.0. The highest BCUT2D eigenvalue weighted by Gasteiger charge is 2.30. The van der Waals surface area contributed by atoms with Crippen molar-refractivity contribution in [2.75, 3.05) is 42.5 Å². The van der Waals surface area contributed by atoms with Crippen LogP contribution in [0.3, 0.4) is 0 Å². The molecule has 154 valence electrons. The van der Waals surface area contributed by atoms with E-state index in [-0.39, 0.29) is 5.91 Å². The molecule has 1 saturated heterocycles. The molecule has 29 heavy (non-hydrogen) atoms. The van der Waals surface area contributed by atoms with Crippen LogP contribution in [0.5, 0.6) is 0 Å². The SMILES string of the molecule is CC(=O)N1CCCc2cc(S(=O)(=O)N3CCN(c4ccc(Cl)cc4)CC3)ccc21. The quantitative estimate of drug-likeness (QED) is 0.746. The first kappa shape index (κ1) is 20.2. The van der Waals surface area contributed by atoms with E-state index >= 15 is 0 Å². The average molecular weight is 434 g/mol. The van der Waals surface area contributed by atoms with Gasteiger partial charge >= 0.3 is 0 Å². The van der Waals surface area contributed by atoms with Gasteiger partial charge < -0.3 is 9.80 Å². The minimum atomic E-state index is -3.56. The summed E-state index contributed by atoms with van der Waals surface area (Å²) in [7, 11) is -3.56. The molecule has 1 amide bonds. The molecule has 0 N–H and O–H groups in total. The van der Waals surface area contributed by atoms with Gasteiger partial charge in [0, 0.05) is 56.0 Å². The number of aryl methyl sites for hydroxylation is 1. The fourth-order valence-electron chi connectivity index (χ4n) is 4.05. The zero-order chi connectivity index (χ0) is 20.6. The van der Waals surface area contributed by atoms with Gasteiger partial charge in [0.05, 0.1) is 4.90 Å². The first-order valence-electron chi connectivity index (χ1n) is 9.78. The standard InChI is InChI=1S/C21H24ClN3O3S/c1-16(26)25-10-2-3-17-15-20(8-9-21(17)25)29(27,28)24-13-11-23(12-14-24)19-6-4-18(22)5-7-19/h4-9,15H,2-3,10-14H2,1H3. The molecule has 8 heteroatoms. The summed E-state index contributed by atoms with van der Waals surface area (Å²) >= 11 is 5.95. The number of halogens is 1. The molecule has 1 fully saturated rings. The molecule has 6 nitrogen and oxygen atoms in total. The number of carbonyl (C=O) groups excluding carboxylic acids is 1. The highest BCUT2D eigenvalue weighted by atomic mass is 35.5. The van der Waals surface area contributed by atoms with E-state index in [0.29, 0.717) is 42.6 Å². The van der Waals surface area contributed by atoms with Gasteiger partial charge in [-0.1, -0.05) is 11.6 Å². The van der Waals surface area contributed by atoms with Crippen LogP contribution in [0.15, 0.2) is 47.4 Å². The summed E-state index contributed by atoms with van der Waals surface area (Å²) in [6.07, 6.45) is 1.63. The molecule has 2 aliphatic rings. The molecule has 0 unspecified atom stereocenters. The second-order valence-corrected chi connectivity index (χ2v) is 9.81. The van der Waals surface area contributed by atoms with Crippen LogP contribution in [0.4, 0.5) is 11.4 Å². The maximum atomic E-state index is 13.2. The van der Waals surface area contributed by atoms with E-state index in [4.69, 9.17) is 11.6 Å². The van der Waals surface area contributed by atoms with E-state index in [2.05, 4.69) is 4.90 Å². The number of fused-ring (bicyclic) bond motifs is 1. The third kappa shape index (κ3) is 3.99. The Bertz CT molecular complexity index is 1020. The van der Waals surface area contributed by atoms with Crippen LogP contribution in [-0.2, 0) is 21.2 Å². The predicted octanol–water partition coefficient (Wildman–Crippen LogP) is 3.15. The van der Waals surface area contributed by atoms with Crippen LogP contribution in [0, 0.1) is 0 Å². The third-order valence-corrected chi connectivity index (χ3v) is 7.76. The van der Waals surface area contributed by atoms with Crippen LogP contribution >= 0.6 is 11.6 Å². The van der Waals surface area contributed by atoms with Gasteiger partial charge in [-0.05, 0) is 60.9 Å². The lowest BCUT2D eigenvalue weighted by Crippen LogP contribution is -2.48. The van der Waals surface area contributed by atoms with Crippen molar-refractivity contribution in [3.05, 3.63) is 53.1 Å². The maximum Gasteiger partial charge on any atom is 0.243 e. The van der Waals surface area contributed by atoms with Crippen LogP contribution in [0.25, 0.3) is 0 Å². The van der Waals surface area contributed by atoms with E-state index in [1.807, 2.05) is 24.3 Å². The first-order valence-corrected chi connectivity index (χ1v) is 11.6. The number of benzene rings is 2. The number of anilines is 2. The Hall–Kier alpha value is -2.09. The van der Waals surface area contributed by atoms with Gasteiger partial charge in [-0.3, -0.25) is 4.79 Å². The molecule has 0 bridgehead atoms. The number of rotatable bonds is 3. The Labute approximate surface area is 176 Å². The zero-order valence-corrected chi connectivity index (χ0v) is 17.9. The Morgan fingerprint density at radius 1 is 0.966 bits per heavy atom. The Kier molecular flexibility index (Phi) is 5.55. The normalized spacial score (nSPS) is 17.9. The van der Waals surface area contributed by atoms with Gasteiger partial charge in [0.2, 0.25) is 15.9 Å². The van der Waals surface area contributed by atoms with Gasteiger partial charge in [0.15, 0.2) is 0 Å². The van der Waals surface area contributed by atoms with Crippen LogP contribution in [0.1, 0.15) is 18.9 Å². The van der Waals surface area contributed by atoms with Gasteiger partial charge in [-0.2, -0.15) is 4.31 Å². The van der Waals surface area contributed by atoms with Crippen molar-refractivity contribution >= 4 is 38.9 Å². The summed E-state index contributed by atoms with van der Waals surface area (Å²) < 4.78 is 27.9. The lowest BCUT2D eigenvalue weighted by molar-refractivity contribution is -0.116. The fourth-order valence-corrected chi connectivity index (χ4v) is 5.65. The van der Waals surface area contributed by atoms with Crippen LogP contribution in [0.2, 0.25) is 5.02 Å². The number of sulfonamides is 1. The van der Waals surface area contributed by atoms with E-state index in [0.717, 1.165) is 29.8 Å². The van der Waals surface area contributed by atoms with E-state index in [1.165, 1.54) is 0 Å². The van der Waals surface area contributed by atoms with Crippen molar-refractivity contribution in [3.63, 3.8) is 0 Å². The Morgan fingerprint density at radius 3 is 2.31 bits per heavy atom. The summed E-state index contributed by atoms with van der Waals surface area (Å²) in [5, 5.41) is 0.686. The second-order valence-electron chi connectivity index (χ2n) is 7.43. The summed E-state index contributed by atoms with van der Waals surface area (Å²) in [6, 6.07) is 12.7. The number of hydrogen-bond donors (Lipinski definition) is 0. The number of nitrogens with zero attached hydrogens (tertiary/aromatic N) is 3. The smallest absolute Gasteiger partial charge is 0.243 e. The minimum Gasteiger partial charge on any atom is -0.369 e. The molecule has 0 atom stereocenters. The monoisotopic (exact) mass is 433 g/mol. The topological polar surface area (TPSA) is 60.9 Å². The molecule has 2 aromatic rings. The molecule has 0 aromatic heterocycles. The molecule has 2 heterocycles.